The number of carbonyl (C=O) groups is 2. The molecule has 5 heterocycles. The fourth-order valence-electron chi connectivity index (χ4n) is 6.76. The molecule has 1 atom stereocenters. The van der Waals surface area contributed by atoms with Crippen LogP contribution in [-0.4, -0.2) is 57.0 Å². The van der Waals surface area contributed by atoms with Crippen molar-refractivity contribution in [3.8, 4) is 0 Å². The molecule has 1 N–H and O–H groups in total. The first-order valence-corrected chi connectivity index (χ1v) is 21.9. The lowest BCUT2D eigenvalue weighted by molar-refractivity contribution is -0.137. The zero-order valence-corrected chi connectivity index (χ0v) is 35.8. The van der Waals surface area contributed by atoms with E-state index >= 15 is 0 Å². The number of benzene rings is 4. The molecule has 16 heteroatoms. The third-order valence-corrected chi connectivity index (χ3v) is 12.2. The summed E-state index contributed by atoms with van der Waals surface area (Å²) in [6, 6.07) is 34.4. The van der Waals surface area contributed by atoms with Gasteiger partial charge in [0.15, 0.2) is 16.1 Å². The van der Waals surface area contributed by atoms with Crippen LogP contribution in [0.15, 0.2) is 132 Å². The van der Waals surface area contributed by atoms with Crippen molar-refractivity contribution in [2.45, 2.75) is 60.6 Å². The van der Waals surface area contributed by atoms with Crippen LogP contribution in [0.3, 0.4) is 0 Å². The van der Waals surface area contributed by atoms with Crippen molar-refractivity contribution in [1.29, 1.82) is 0 Å². The van der Waals surface area contributed by atoms with Gasteiger partial charge in [-0.15, -0.1) is 0 Å². The van der Waals surface area contributed by atoms with Crippen LogP contribution in [0, 0.1) is 0 Å². The number of nitrogens with one attached hydrogen (secondary N) is 1. The molecule has 0 saturated carbocycles. The van der Waals surface area contributed by atoms with Crippen molar-refractivity contribution in [3.05, 3.63) is 154 Å². The number of carbonyl (C=O) groups excluding carboxylic acids is 2. The first-order valence-electron chi connectivity index (χ1n) is 19.1. The molecular formula is C44H40Cl2N8O4S2. The molecule has 306 valence electrons. The Morgan fingerprint density at radius 1 is 0.717 bits per heavy atom. The Kier molecular flexibility index (Phi) is 12.9. The molecule has 6 aromatic rings. The standard InChI is InChI=1S/C25H25ClN4O3S.C19H15ClN4OS/c1-25(2)32-15-19(33-25)14-30-22-18(13-29(24(30)31)21-11-7-6-10-20(21)26)12-27-23(28-22)34-16-17-8-4-3-5-9-17;20-15-8-4-5-9-16(15)24-11-14-10-21-18(22-17(14)23-19(24)25)26-12-13-6-2-1-3-7-13/h3-12,19H,13-16H2,1-2H3;1-10H,11-12H2,(H,21,22,23,25)/t19-;/m0./s1. The highest BCUT2D eigenvalue weighted by Crippen LogP contribution is 2.37. The minimum absolute atomic E-state index is 0.202. The second kappa shape index (κ2) is 18.6. The lowest BCUT2D eigenvalue weighted by Gasteiger charge is -2.37. The second-order valence-corrected chi connectivity index (χ2v) is 17.1. The molecule has 3 aliphatic rings. The Labute approximate surface area is 366 Å². The molecule has 4 amide bonds. The van der Waals surface area contributed by atoms with Crippen LogP contribution in [0.2, 0.25) is 10.0 Å². The third kappa shape index (κ3) is 9.86. The average molecular weight is 880 g/mol. The number of rotatable bonds is 10. The lowest BCUT2D eigenvalue weighted by atomic mass is 10.1. The molecular weight excluding hydrogens is 840 g/mol. The lowest BCUT2D eigenvalue weighted by Crippen LogP contribution is -2.51. The number of hydrogen-bond acceptors (Lipinski definition) is 10. The van der Waals surface area contributed by atoms with Crippen LogP contribution in [0.4, 0.5) is 32.6 Å². The van der Waals surface area contributed by atoms with E-state index in [4.69, 9.17) is 37.7 Å². The molecule has 3 aliphatic heterocycles. The predicted molar refractivity (Wildman–Crippen MR) is 238 cm³/mol. The number of anilines is 4. The SMILES string of the molecule is CC1(C)OC[C@H](CN2C(=O)N(c3ccccc3Cl)Cc3cnc(SCc4ccccc4)nc32)O1.O=C1Nc2nc(SCc3ccccc3)ncc2CN1c1ccccc1Cl. The maximum Gasteiger partial charge on any atom is 0.330 e. The number of para-hydroxylation sites is 2. The normalized spacial score (nSPS) is 16.7. The predicted octanol–water partition coefficient (Wildman–Crippen LogP) is 10.5. The summed E-state index contributed by atoms with van der Waals surface area (Å²) in [5.74, 6) is 2.00. The molecule has 2 aromatic heterocycles. The summed E-state index contributed by atoms with van der Waals surface area (Å²) in [5.41, 5.74) is 5.41. The van der Waals surface area contributed by atoms with Crippen LogP contribution in [0.5, 0.6) is 0 Å². The number of hydrogen-bond donors (Lipinski definition) is 1. The van der Waals surface area contributed by atoms with Gasteiger partial charge in [0, 0.05) is 35.0 Å². The smallest absolute Gasteiger partial charge is 0.330 e. The summed E-state index contributed by atoms with van der Waals surface area (Å²) in [7, 11) is 0. The minimum atomic E-state index is -0.683. The van der Waals surface area contributed by atoms with E-state index in [0.717, 1.165) is 22.6 Å². The number of nitrogens with zero attached hydrogens (tertiary/aromatic N) is 7. The van der Waals surface area contributed by atoms with E-state index in [-0.39, 0.29) is 18.2 Å². The van der Waals surface area contributed by atoms with Crippen molar-refractivity contribution < 1.29 is 19.1 Å². The molecule has 0 bridgehead atoms. The highest BCUT2D eigenvalue weighted by Gasteiger charge is 2.39. The topological polar surface area (TPSA) is 126 Å². The number of amides is 4. The number of halogens is 2. The fourth-order valence-corrected chi connectivity index (χ4v) is 8.77. The first kappa shape index (κ1) is 41.5. The highest BCUT2D eigenvalue weighted by molar-refractivity contribution is 7.98. The van der Waals surface area contributed by atoms with Gasteiger partial charge in [-0.1, -0.05) is 132 Å². The molecule has 0 spiro atoms. The van der Waals surface area contributed by atoms with Gasteiger partial charge in [-0.25, -0.2) is 29.5 Å². The number of fused-ring (bicyclic) bond motifs is 2. The van der Waals surface area contributed by atoms with Gasteiger partial charge in [0.1, 0.15) is 17.7 Å². The van der Waals surface area contributed by atoms with Gasteiger partial charge < -0.3 is 9.47 Å². The summed E-state index contributed by atoms with van der Waals surface area (Å²) >= 11 is 15.7. The van der Waals surface area contributed by atoms with E-state index in [1.165, 1.54) is 22.9 Å². The zero-order valence-electron chi connectivity index (χ0n) is 32.7. The van der Waals surface area contributed by atoms with Gasteiger partial charge >= 0.3 is 12.1 Å². The molecule has 1 fully saturated rings. The Morgan fingerprint density at radius 3 is 1.83 bits per heavy atom. The van der Waals surface area contributed by atoms with Gasteiger partial charge in [-0.3, -0.25) is 20.0 Å². The molecule has 0 radical (unpaired) electrons. The maximum absolute atomic E-state index is 13.7. The summed E-state index contributed by atoms with van der Waals surface area (Å²) in [6.07, 6.45) is 3.29. The highest BCUT2D eigenvalue weighted by atomic mass is 35.5. The summed E-state index contributed by atoms with van der Waals surface area (Å²) in [5, 5.41) is 5.14. The summed E-state index contributed by atoms with van der Waals surface area (Å²) in [4.78, 5) is 49.4. The van der Waals surface area contributed by atoms with Crippen molar-refractivity contribution >= 4 is 81.8 Å². The van der Waals surface area contributed by atoms with E-state index in [2.05, 4.69) is 44.5 Å². The van der Waals surface area contributed by atoms with Gasteiger partial charge in [-0.2, -0.15) is 0 Å². The van der Waals surface area contributed by atoms with Crippen LogP contribution in [0.1, 0.15) is 36.1 Å². The van der Waals surface area contributed by atoms with Crippen molar-refractivity contribution in [1.82, 2.24) is 19.9 Å². The van der Waals surface area contributed by atoms with Crippen molar-refractivity contribution in [2.75, 3.05) is 33.2 Å². The molecule has 4 aromatic carbocycles. The van der Waals surface area contributed by atoms with Crippen LogP contribution in [-0.2, 0) is 34.1 Å². The molecule has 1 saturated heterocycles. The molecule has 9 rings (SSSR count). The van der Waals surface area contributed by atoms with Crippen LogP contribution < -0.4 is 20.0 Å². The number of urea groups is 2. The fraction of sp³-hybridized carbons (Fsp3) is 0.227. The average Bonchev–Trinajstić information content (AvgIpc) is 3.61. The Morgan fingerprint density at radius 2 is 1.25 bits per heavy atom. The Hall–Kier alpha value is -5.22. The number of thioether (sulfide) groups is 2. The molecule has 12 nitrogen and oxygen atoms in total. The summed E-state index contributed by atoms with van der Waals surface area (Å²) < 4.78 is 11.7. The van der Waals surface area contributed by atoms with Crippen LogP contribution in [0.25, 0.3) is 0 Å². The largest absolute Gasteiger partial charge is 0.348 e. The van der Waals surface area contributed by atoms with E-state index in [1.54, 1.807) is 51.0 Å². The molecule has 0 unspecified atom stereocenters. The van der Waals surface area contributed by atoms with Gasteiger partial charge in [-0.05, 0) is 49.2 Å². The number of ether oxygens (including phenoxy) is 2. The van der Waals surface area contributed by atoms with E-state index in [1.807, 2.05) is 86.6 Å². The van der Waals surface area contributed by atoms with Crippen LogP contribution >= 0.6 is 46.7 Å². The Bertz CT molecular complexity index is 2490. The van der Waals surface area contributed by atoms with E-state index < -0.39 is 5.79 Å². The van der Waals surface area contributed by atoms with E-state index in [9.17, 15) is 9.59 Å². The van der Waals surface area contributed by atoms with Gasteiger partial charge in [0.25, 0.3) is 0 Å². The molecule has 60 heavy (non-hydrogen) atoms. The van der Waals surface area contributed by atoms with Gasteiger partial charge in [0.2, 0.25) is 0 Å². The molecule has 0 aliphatic carbocycles. The monoisotopic (exact) mass is 878 g/mol. The zero-order chi connectivity index (χ0) is 41.6. The van der Waals surface area contributed by atoms with E-state index in [0.29, 0.717) is 69.6 Å². The minimum Gasteiger partial charge on any atom is -0.348 e. The second-order valence-electron chi connectivity index (χ2n) is 14.4. The van der Waals surface area contributed by atoms with Crippen molar-refractivity contribution in [3.63, 3.8) is 0 Å². The Balaban J connectivity index is 0.000000172. The third-order valence-electron chi connectivity index (χ3n) is 9.67. The van der Waals surface area contributed by atoms with Crippen molar-refractivity contribution in [2.24, 2.45) is 0 Å². The first-order chi connectivity index (χ1) is 29.1. The number of aromatic nitrogens is 4. The maximum atomic E-state index is 13.7. The van der Waals surface area contributed by atoms with Gasteiger partial charge in [0.05, 0.1) is 47.7 Å². The summed E-state index contributed by atoms with van der Waals surface area (Å²) in [6.45, 7) is 5.18. The quantitative estimate of drug-likeness (QED) is 0.105.